The van der Waals surface area contributed by atoms with Crippen LogP contribution in [-0.2, 0) is 0 Å². The second-order valence-electron chi connectivity index (χ2n) is 30.1. The van der Waals surface area contributed by atoms with Crippen molar-refractivity contribution >= 4 is 0 Å². The van der Waals surface area contributed by atoms with E-state index >= 15 is 0 Å². The van der Waals surface area contributed by atoms with Crippen LogP contribution < -0.4 is 0 Å². The van der Waals surface area contributed by atoms with Gasteiger partial charge >= 0.3 is 0 Å². The minimum Gasteiger partial charge on any atom is -0.0996 e. The van der Waals surface area contributed by atoms with Gasteiger partial charge in [-0.3, -0.25) is 0 Å². The molecule has 462 valence electrons. The van der Waals surface area contributed by atoms with Crippen molar-refractivity contribution < 1.29 is 0 Å². The lowest BCUT2D eigenvalue weighted by atomic mass is 9.69. The molecule has 0 aromatic rings. The molecule has 2 saturated carbocycles. The van der Waals surface area contributed by atoms with Crippen molar-refractivity contribution in [3.05, 3.63) is 24.3 Å². The number of rotatable bonds is 1. The van der Waals surface area contributed by atoms with Crippen LogP contribution in [0.1, 0.15) is 391 Å². The fourth-order valence-electron chi connectivity index (χ4n) is 15.3. The van der Waals surface area contributed by atoms with Gasteiger partial charge in [0.15, 0.2) is 0 Å². The second-order valence-corrected chi connectivity index (χ2v) is 30.1. The summed E-state index contributed by atoms with van der Waals surface area (Å²) in [7, 11) is 0. The Labute approximate surface area is 495 Å². The number of allylic oxidation sites excluding steroid dienone is 2. The first-order valence-corrected chi connectivity index (χ1v) is 37.0. The summed E-state index contributed by atoms with van der Waals surface area (Å²) in [6.07, 6.45) is 68.7. The SMILES string of the molecule is C=C1CCCCCCC(C)C(C)CCCCCCC(C)C(C2CCCCCCC(C)C(C)CCCCCCC(C)C(=C)CCCCCCC(C)C(C)CCCCCCC2C)CCCCCCC(C)C(C)CCCCCCC1C. The van der Waals surface area contributed by atoms with Crippen molar-refractivity contribution in [3.63, 3.8) is 0 Å². The van der Waals surface area contributed by atoms with Crippen molar-refractivity contribution in [2.45, 2.75) is 391 Å². The average molecular weight is 1090 g/mol. The van der Waals surface area contributed by atoms with E-state index in [0.717, 1.165) is 71.0 Å². The summed E-state index contributed by atoms with van der Waals surface area (Å²) >= 11 is 0. The van der Waals surface area contributed by atoms with E-state index in [1.165, 1.54) is 319 Å². The molecule has 0 bridgehead atoms. The van der Waals surface area contributed by atoms with Crippen molar-refractivity contribution in [2.24, 2.45) is 82.9 Å². The summed E-state index contributed by atoms with van der Waals surface area (Å²) in [5.41, 5.74) is 3.07. The fraction of sp³-hybridized carbons (Fsp3) is 0.949. The second kappa shape index (κ2) is 47.8. The Balaban J connectivity index is 2.14. The van der Waals surface area contributed by atoms with E-state index in [0.29, 0.717) is 11.8 Å². The highest BCUT2D eigenvalue weighted by molar-refractivity contribution is 4.99. The van der Waals surface area contributed by atoms with Gasteiger partial charge in [0, 0.05) is 0 Å². The lowest BCUT2D eigenvalue weighted by molar-refractivity contribution is 0.133. The standard InChI is InChI=1S/C78H150/c1-63-47-31-15-17-35-51-67(5)71(9)55-39-23-25-43-59-75(13)77(61-45-29-27-41-57-73(11)69(7)53-37-21-19-33-49-65(63)3)78-62-46-30-28-42-58-74(12)70(8)54-38-22-20-34-50-66(4)64(2)48-32-16-18-36-52-68(6)72(10)56-40-24-26-44-60-76(78)14/h65-78H,1-2,15-62H2,3-14H3. The first-order chi connectivity index (χ1) is 37.6. The van der Waals surface area contributed by atoms with Crippen LogP contribution in [-0.4, -0.2) is 0 Å². The van der Waals surface area contributed by atoms with Gasteiger partial charge in [0.1, 0.15) is 0 Å². The summed E-state index contributed by atoms with van der Waals surface area (Å²) in [5, 5.41) is 0. The van der Waals surface area contributed by atoms with Crippen LogP contribution in [0, 0.1) is 82.9 Å². The van der Waals surface area contributed by atoms with Gasteiger partial charge in [-0.2, -0.15) is 0 Å². The first kappa shape index (κ1) is 73.6. The highest BCUT2D eigenvalue weighted by Crippen LogP contribution is 2.41. The molecule has 14 unspecified atom stereocenters. The summed E-state index contributed by atoms with van der Waals surface area (Å²) in [4.78, 5) is 0. The monoisotopic (exact) mass is 1090 g/mol. The van der Waals surface area contributed by atoms with Gasteiger partial charge in [-0.1, -0.05) is 364 Å². The molecule has 0 spiro atoms. The summed E-state index contributed by atoms with van der Waals surface area (Å²) < 4.78 is 0. The van der Waals surface area contributed by atoms with Gasteiger partial charge in [-0.15, -0.1) is 0 Å². The molecule has 0 N–H and O–H groups in total. The number of hydrogen-bond acceptors (Lipinski definition) is 0. The van der Waals surface area contributed by atoms with E-state index in [2.05, 4.69) is 96.2 Å². The van der Waals surface area contributed by atoms with Crippen LogP contribution >= 0.6 is 0 Å². The van der Waals surface area contributed by atoms with Gasteiger partial charge in [0.25, 0.3) is 0 Å². The van der Waals surface area contributed by atoms with Gasteiger partial charge < -0.3 is 0 Å². The Morgan fingerprint density at radius 1 is 0.179 bits per heavy atom. The number of hydrogen-bond donors (Lipinski definition) is 0. The molecule has 0 heterocycles. The molecule has 2 aliphatic carbocycles. The lowest BCUT2D eigenvalue weighted by Crippen LogP contribution is -2.28. The predicted molar refractivity (Wildman–Crippen MR) is 357 cm³/mol. The third-order valence-corrected chi connectivity index (χ3v) is 23.2. The molecule has 2 rings (SSSR count). The van der Waals surface area contributed by atoms with Crippen molar-refractivity contribution in [2.75, 3.05) is 0 Å². The van der Waals surface area contributed by atoms with E-state index in [1.807, 2.05) is 0 Å². The van der Waals surface area contributed by atoms with Gasteiger partial charge in [-0.25, -0.2) is 0 Å². The van der Waals surface area contributed by atoms with Gasteiger partial charge in [0.05, 0.1) is 0 Å². The molecular formula is C78H150. The van der Waals surface area contributed by atoms with E-state index in [1.54, 1.807) is 0 Å². The highest BCUT2D eigenvalue weighted by Gasteiger charge is 2.30. The van der Waals surface area contributed by atoms with Crippen LogP contribution in [0.4, 0.5) is 0 Å². The average Bonchev–Trinajstić information content (AvgIpc) is 3.42. The predicted octanol–water partition coefficient (Wildman–Crippen LogP) is 27.7. The smallest absolute Gasteiger partial charge is 0.0234 e. The Morgan fingerprint density at radius 3 is 0.538 bits per heavy atom. The summed E-state index contributed by atoms with van der Waals surface area (Å²) in [5.74, 6) is 12.0. The van der Waals surface area contributed by atoms with Crippen molar-refractivity contribution in [1.82, 2.24) is 0 Å². The molecular weight excluding hydrogens is 937 g/mol. The minimum atomic E-state index is 0.710. The summed E-state index contributed by atoms with van der Waals surface area (Å²) in [6, 6.07) is 0. The normalized spacial score (nSPS) is 35.6. The maximum Gasteiger partial charge on any atom is -0.0234 e. The van der Waals surface area contributed by atoms with Crippen molar-refractivity contribution in [1.29, 1.82) is 0 Å². The van der Waals surface area contributed by atoms with Crippen LogP contribution in [0.2, 0.25) is 0 Å². The Bertz CT molecular complexity index is 1250. The molecule has 0 amide bonds. The summed E-state index contributed by atoms with van der Waals surface area (Å²) in [6.45, 7) is 40.2. The van der Waals surface area contributed by atoms with E-state index in [4.69, 9.17) is 0 Å². The minimum absolute atomic E-state index is 0.710. The molecule has 0 aromatic carbocycles. The fourth-order valence-corrected chi connectivity index (χ4v) is 15.3. The zero-order chi connectivity index (χ0) is 57.2. The molecule has 2 aliphatic rings. The van der Waals surface area contributed by atoms with E-state index in [-0.39, 0.29) is 0 Å². The molecule has 0 aliphatic heterocycles. The van der Waals surface area contributed by atoms with Crippen LogP contribution in [0.25, 0.3) is 0 Å². The molecule has 14 atom stereocenters. The van der Waals surface area contributed by atoms with E-state index in [9.17, 15) is 0 Å². The van der Waals surface area contributed by atoms with E-state index < -0.39 is 0 Å². The molecule has 78 heavy (non-hydrogen) atoms. The van der Waals surface area contributed by atoms with Crippen LogP contribution in [0.15, 0.2) is 24.3 Å². The highest BCUT2D eigenvalue weighted by atomic mass is 14.4. The quantitative estimate of drug-likeness (QED) is 0.230. The van der Waals surface area contributed by atoms with Crippen LogP contribution in [0.5, 0.6) is 0 Å². The maximum absolute atomic E-state index is 4.56. The maximum atomic E-state index is 4.56. The lowest BCUT2D eigenvalue weighted by Gasteiger charge is -2.37. The zero-order valence-electron chi connectivity index (χ0n) is 56.4. The van der Waals surface area contributed by atoms with Gasteiger partial charge in [0.2, 0.25) is 0 Å². The van der Waals surface area contributed by atoms with Crippen molar-refractivity contribution in [3.8, 4) is 0 Å². The third kappa shape index (κ3) is 36.2. The first-order valence-electron chi connectivity index (χ1n) is 37.0. The van der Waals surface area contributed by atoms with Gasteiger partial charge in [-0.05, 0) is 134 Å². The molecule has 0 aromatic heterocycles. The topological polar surface area (TPSA) is 0 Å². The third-order valence-electron chi connectivity index (χ3n) is 23.2. The Morgan fingerprint density at radius 2 is 0.333 bits per heavy atom. The Hall–Kier alpha value is -0.520. The largest absolute Gasteiger partial charge is 0.0996 e. The molecule has 0 nitrogen and oxygen atoms in total. The zero-order valence-corrected chi connectivity index (χ0v) is 56.4. The molecule has 2 fully saturated rings. The molecule has 0 saturated heterocycles. The molecule has 0 heteroatoms. The Kier molecular flexibility index (Phi) is 45.1. The van der Waals surface area contributed by atoms with Crippen LogP contribution in [0.3, 0.4) is 0 Å². The molecule has 0 radical (unpaired) electrons.